The number of hydrogen-bond acceptors (Lipinski definition) is 6. The van der Waals surface area contributed by atoms with E-state index in [4.69, 9.17) is 14.2 Å². The van der Waals surface area contributed by atoms with Crippen LogP contribution in [0, 0.1) is 22.7 Å². The van der Waals surface area contributed by atoms with Crippen molar-refractivity contribution >= 4 is 11.9 Å². The van der Waals surface area contributed by atoms with Gasteiger partial charge in [0.05, 0.1) is 18.6 Å². The van der Waals surface area contributed by atoms with Crippen LogP contribution in [-0.2, 0) is 23.8 Å². The van der Waals surface area contributed by atoms with E-state index in [1.54, 1.807) is 0 Å². The highest BCUT2D eigenvalue weighted by molar-refractivity contribution is 5.73. The number of hydrogen-bond donors (Lipinski definition) is 1. The maximum atomic E-state index is 11.8. The van der Waals surface area contributed by atoms with Crippen molar-refractivity contribution in [1.82, 2.24) is 0 Å². The maximum absolute atomic E-state index is 11.8. The third-order valence-corrected chi connectivity index (χ3v) is 8.84. The predicted molar refractivity (Wildman–Crippen MR) is 101 cm³/mol. The molecule has 7 atom stereocenters. The standard InChI is InChI=1S/C22H34O6/c1-14-5-6-16-19(3,12-23)17(27-15(2)24)7-8-20(16,4)22(14)10-9-21(28-22)11-18(25)26-13-21/h14,16-17,23H,5-13H2,1-4H3/t14-,16+,17+,19+,20+,21+,22-/m1/s1. The number of carbonyl (C=O) groups excluding carboxylic acids is 2. The number of aliphatic hydroxyl groups is 1. The fraction of sp³-hybridized carbons (Fsp3) is 0.909. The predicted octanol–water partition coefficient (Wildman–Crippen LogP) is 3.00. The number of ether oxygens (including phenoxy) is 3. The Labute approximate surface area is 167 Å². The van der Waals surface area contributed by atoms with Crippen LogP contribution in [0.3, 0.4) is 0 Å². The van der Waals surface area contributed by atoms with Gasteiger partial charge in [0.2, 0.25) is 0 Å². The molecule has 0 amide bonds. The molecule has 6 heteroatoms. The molecular weight excluding hydrogens is 360 g/mol. The Balaban J connectivity index is 1.71. The van der Waals surface area contributed by atoms with Crippen molar-refractivity contribution in [1.29, 1.82) is 0 Å². The van der Waals surface area contributed by atoms with Gasteiger partial charge in [0.15, 0.2) is 0 Å². The molecule has 4 rings (SSSR count). The second kappa shape index (κ2) is 6.43. The van der Waals surface area contributed by atoms with Gasteiger partial charge in [-0.25, -0.2) is 0 Å². The van der Waals surface area contributed by atoms with E-state index in [-0.39, 0.29) is 41.6 Å². The minimum atomic E-state index is -0.493. The molecule has 1 N–H and O–H groups in total. The molecule has 2 spiro atoms. The second-order valence-electron chi connectivity index (χ2n) is 10.3. The van der Waals surface area contributed by atoms with Crippen molar-refractivity contribution in [3.63, 3.8) is 0 Å². The Morgan fingerprint density at radius 3 is 2.57 bits per heavy atom. The van der Waals surface area contributed by atoms with Crippen molar-refractivity contribution in [2.75, 3.05) is 13.2 Å². The minimum Gasteiger partial charge on any atom is -0.463 e. The van der Waals surface area contributed by atoms with Crippen LogP contribution in [0.1, 0.15) is 72.6 Å². The molecule has 158 valence electrons. The number of carbonyl (C=O) groups is 2. The zero-order valence-electron chi connectivity index (χ0n) is 17.6. The van der Waals surface area contributed by atoms with Crippen LogP contribution in [0.4, 0.5) is 0 Å². The first-order valence-corrected chi connectivity index (χ1v) is 10.7. The van der Waals surface area contributed by atoms with Crippen LogP contribution in [0.2, 0.25) is 0 Å². The molecule has 2 aliphatic heterocycles. The quantitative estimate of drug-likeness (QED) is 0.725. The van der Waals surface area contributed by atoms with Gasteiger partial charge in [-0.2, -0.15) is 0 Å². The average molecular weight is 395 g/mol. The van der Waals surface area contributed by atoms with Crippen LogP contribution >= 0.6 is 0 Å². The molecule has 2 saturated heterocycles. The van der Waals surface area contributed by atoms with E-state index in [1.807, 2.05) is 0 Å². The van der Waals surface area contributed by atoms with Crippen molar-refractivity contribution in [3.05, 3.63) is 0 Å². The molecule has 0 aromatic rings. The Hall–Kier alpha value is -1.14. The second-order valence-corrected chi connectivity index (χ2v) is 10.3. The topological polar surface area (TPSA) is 82.1 Å². The summed E-state index contributed by atoms with van der Waals surface area (Å²) in [5, 5.41) is 10.4. The first-order chi connectivity index (χ1) is 13.1. The van der Waals surface area contributed by atoms with Crippen LogP contribution in [-0.4, -0.2) is 47.6 Å². The summed E-state index contributed by atoms with van der Waals surface area (Å²) in [6, 6.07) is 0. The Morgan fingerprint density at radius 1 is 1.21 bits per heavy atom. The molecule has 4 fully saturated rings. The summed E-state index contributed by atoms with van der Waals surface area (Å²) in [4.78, 5) is 23.5. The smallest absolute Gasteiger partial charge is 0.308 e. The van der Waals surface area contributed by atoms with Crippen LogP contribution < -0.4 is 0 Å². The zero-order valence-corrected chi connectivity index (χ0v) is 17.6. The van der Waals surface area contributed by atoms with Gasteiger partial charge in [-0.15, -0.1) is 0 Å². The number of esters is 2. The van der Waals surface area contributed by atoms with Crippen molar-refractivity contribution < 1.29 is 28.9 Å². The number of rotatable bonds is 2. The number of fused-ring (bicyclic) bond motifs is 2. The van der Waals surface area contributed by atoms with Crippen molar-refractivity contribution in [3.8, 4) is 0 Å². The van der Waals surface area contributed by atoms with Gasteiger partial charge >= 0.3 is 11.9 Å². The highest BCUT2D eigenvalue weighted by Crippen LogP contribution is 2.68. The molecule has 0 radical (unpaired) electrons. The molecule has 0 aromatic carbocycles. The Kier molecular flexibility index (Phi) is 4.63. The van der Waals surface area contributed by atoms with E-state index in [2.05, 4.69) is 20.8 Å². The highest BCUT2D eigenvalue weighted by atomic mass is 16.6. The van der Waals surface area contributed by atoms with E-state index in [0.717, 1.165) is 38.5 Å². The average Bonchev–Trinajstić information content (AvgIpc) is 3.20. The third-order valence-electron chi connectivity index (χ3n) is 8.84. The van der Waals surface area contributed by atoms with Crippen molar-refractivity contribution in [2.45, 2.75) is 89.9 Å². The normalized spacial score (nSPS) is 50.6. The monoisotopic (exact) mass is 394 g/mol. The first-order valence-electron chi connectivity index (χ1n) is 10.7. The number of cyclic esters (lactones) is 1. The molecule has 0 unspecified atom stereocenters. The molecule has 4 aliphatic rings. The lowest BCUT2D eigenvalue weighted by Gasteiger charge is -2.65. The van der Waals surface area contributed by atoms with E-state index in [9.17, 15) is 14.7 Å². The van der Waals surface area contributed by atoms with E-state index in [1.165, 1.54) is 6.92 Å². The minimum absolute atomic E-state index is 0.0115. The first kappa shape index (κ1) is 20.1. The lowest BCUT2D eigenvalue weighted by atomic mass is 9.43. The summed E-state index contributed by atoms with van der Waals surface area (Å²) < 4.78 is 17.9. The SMILES string of the molecule is CC(=O)O[C@H]1CC[C@@]2(C)[C@@H](CC[C@@H](C)[C@]23CC[C@]2(COC(=O)C2)O3)[C@]1(C)CO. The molecule has 0 aromatic heterocycles. The van der Waals surface area contributed by atoms with Crippen molar-refractivity contribution in [2.24, 2.45) is 22.7 Å². The van der Waals surface area contributed by atoms with Crippen LogP contribution in [0.5, 0.6) is 0 Å². The van der Waals surface area contributed by atoms with Gasteiger partial charge in [0.1, 0.15) is 18.3 Å². The van der Waals surface area contributed by atoms with Crippen LogP contribution in [0.15, 0.2) is 0 Å². The lowest BCUT2D eigenvalue weighted by Crippen LogP contribution is -2.66. The fourth-order valence-electron chi connectivity index (χ4n) is 7.31. The molecule has 2 saturated carbocycles. The Bertz CT molecular complexity index is 678. The third kappa shape index (κ3) is 2.59. The summed E-state index contributed by atoms with van der Waals surface area (Å²) in [7, 11) is 0. The van der Waals surface area contributed by atoms with Gasteiger partial charge in [0.25, 0.3) is 0 Å². The summed E-state index contributed by atoms with van der Waals surface area (Å²) in [5.41, 5.74) is -1.46. The molecule has 2 aliphatic carbocycles. The van der Waals surface area contributed by atoms with E-state index >= 15 is 0 Å². The summed E-state index contributed by atoms with van der Waals surface area (Å²) in [5.74, 6) is 0.107. The van der Waals surface area contributed by atoms with E-state index < -0.39 is 11.0 Å². The zero-order chi connectivity index (χ0) is 20.4. The maximum Gasteiger partial charge on any atom is 0.308 e. The molecular formula is C22H34O6. The fourth-order valence-corrected chi connectivity index (χ4v) is 7.31. The number of aliphatic hydroxyl groups excluding tert-OH is 1. The molecule has 0 bridgehead atoms. The van der Waals surface area contributed by atoms with Gasteiger partial charge in [-0.05, 0) is 50.4 Å². The summed E-state index contributed by atoms with van der Waals surface area (Å²) >= 11 is 0. The summed E-state index contributed by atoms with van der Waals surface area (Å²) in [6.07, 6.45) is 5.44. The van der Waals surface area contributed by atoms with Gasteiger partial charge in [-0.3, -0.25) is 9.59 Å². The van der Waals surface area contributed by atoms with E-state index in [0.29, 0.717) is 18.9 Å². The van der Waals surface area contributed by atoms with Gasteiger partial charge < -0.3 is 19.3 Å². The van der Waals surface area contributed by atoms with Crippen LogP contribution in [0.25, 0.3) is 0 Å². The summed E-state index contributed by atoms with van der Waals surface area (Å²) in [6.45, 7) is 8.43. The molecule has 6 nitrogen and oxygen atoms in total. The Morgan fingerprint density at radius 2 is 1.96 bits per heavy atom. The molecule has 2 heterocycles. The molecule has 28 heavy (non-hydrogen) atoms. The largest absolute Gasteiger partial charge is 0.463 e. The van der Waals surface area contributed by atoms with Gasteiger partial charge in [0, 0.05) is 17.8 Å². The lowest BCUT2D eigenvalue weighted by molar-refractivity contribution is -0.268. The highest BCUT2D eigenvalue weighted by Gasteiger charge is 2.70. The van der Waals surface area contributed by atoms with Gasteiger partial charge in [-0.1, -0.05) is 20.8 Å².